The van der Waals surface area contributed by atoms with Crippen LogP contribution in [0.15, 0.2) is 67.5 Å². The number of halogens is 1. The number of fused-ring (bicyclic) bond motifs is 1. The second kappa shape index (κ2) is 18.5. The molecular formula is C42H57FN4. The van der Waals surface area contributed by atoms with Crippen LogP contribution in [-0.2, 0) is 26.1 Å². The Balaban J connectivity index is 0.00000142. The van der Waals surface area contributed by atoms with Gasteiger partial charge in [0.15, 0.2) is 0 Å². The first kappa shape index (κ1) is 37.6. The molecule has 2 aromatic heterocycles. The Labute approximate surface area is 284 Å². The normalized spacial score (nSPS) is 11.3. The zero-order valence-electron chi connectivity index (χ0n) is 30.0. The highest BCUT2D eigenvalue weighted by Crippen LogP contribution is 2.41. The summed E-state index contributed by atoms with van der Waals surface area (Å²) in [5, 5.41) is 1.29. The molecule has 0 saturated heterocycles. The summed E-state index contributed by atoms with van der Waals surface area (Å²) >= 11 is 0. The monoisotopic (exact) mass is 636 g/mol. The standard InChI is InChI=1S/C38H51FN4.C4H6/c1-8-41-42-20-13-11-10-12-15-28-21-29(26-39)23-31(22-28)30-17-18-35-33(24-30)34(25-38(5,6)7)37(43(35)9-2)32-16-14-19-40-36(32)27(3)4;1-3-4-2/h8,14,16-19,21-24,27,41-42H,1,9-13,15,20,25-26H2,2-7H3;1H,4H2,2H3. The van der Waals surface area contributed by atoms with Crippen LogP contribution in [0.2, 0.25) is 0 Å². The Morgan fingerprint density at radius 1 is 1.00 bits per heavy atom. The number of nitrogens with one attached hydrogen (secondary N) is 2. The zero-order valence-corrected chi connectivity index (χ0v) is 30.0. The van der Waals surface area contributed by atoms with Gasteiger partial charge in [0.25, 0.3) is 0 Å². The third-order valence-electron chi connectivity index (χ3n) is 8.30. The van der Waals surface area contributed by atoms with E-state index >= 15 is 0 Å². The van der Waals surface area contributed by atoms with E-state index in [0.29, 0.717) is 5.92 Å². The van der Waals surface area contributed by atoms with Crippen molar-refractivity contribution in [2.75, 3.05) is 6.54 Å². The number of alkyl halides is 1. The fourth-order valence-corrected chi connectivity index (χ4v) is 6.22. The molecule has 5 heteroatoms. The number of pyridine rings is 1. The van der Waals surface area contributed by atoms with E-state index in [2.05, 4.69) is 106 Å². The van der Waals surface area contributed by atoms with Crippen LogP contribution in [-0.4, -0.2) is 16.1 Å². The maximum atomic E-state index is 14.1. The average molecular weight is 637 g/mol. The zero-order chi connectivity index (χ0) is 34.4. The van der Waals surface area contributed by atoms with Crippen LogP contribution in [0.3, 0.4) is 0 Å². The van der Waals surface area contributed by atoms with E-state index in [4.69, 9.17) is 11.4 Å². The Morgan fingerprint density at radius 2 is 1.72 bits per heavy atom. The first-order chi connectivity index (χ1) is 22.6. The number of aryl methyl sites for hydroxylation is 2. The maximum absolute atomic E-state index is 14.1. The van der Waals surface area contributed by atoms with Gasteiger partial charge in [-0.15, -0.1) is 12.3 Å². The number of hydrazine groups is 1. The molecular weight excluding hydrogens is 579 g/mol. The molecule has 0 radical (unpaired) electrons. The fraction of sp³-hybridized carbons (Fsp3) is 0.452. The topological polar surface area (TPSA) is 41.9 Å². The van der Waals surface area contributed by atoms with Gasteiger partial charge in [-0.1, -0.05) is 79.2 Å². The van der Waals surface area contributed by atoms with Gasteiger partial charge >= 0.3 is 0 Å². The fourth-order valence-electron chi connectivity index (χ4n) is 6.22. The molecule has 4 rings (SSSR count). The van der Waals surface area contributed by atoms with Crippen molar-refractivity contribution in [2.45, 2.75) is 113 Å². The molecule has 0 fully saturated rings. The van der Waals surface area contributed by atoms with E-state index < -0.39 is 6.67 Å². The summed E-state index contributed by atoms with van der Waals surface area (Å²) in [4.78, 5) is 4.83. The van der Waals surface area contributed by atoms with E-state index in [1.807, 2.05) is 25.3 Å². The molecule has 0 unspecified atom stereocenters. The van der Waals surface area contributed by atoms with E-state index in [9.17, 15) is 4.39 Å². The first-order valence-electron chi connectivity index (χ1n) is 17.4. The molecule has 4 nitrogen and oxygen atoms in total. The largest absolute Gasteiger partial charge is 0.340 e. The Hall–Kier alpha value is -3.88. The third kappa shape index (κ3) is 10.6. The molecule has 4 aromatic rings. The highest BCUT2D eigenvalue weighted by atomic mass is 19.1. The lowest BCUT2D eigenvalue weighted by molar-refractivity contribution is 0.412. The van der Waals surface area contributed by atoms with E-state index in [1.165, 1.54) is 39.7 Å². The van der Waals surface area contributed by atoms with Gasteiger partial charge in [0.1, 0.15) is 6.67 Å². The molecule has 0 aliphatic heterocycles. The summed E-state index contributed by atoms with van der Waals surface area (Å²) < 4.78 is 16.5. The quantitative estimate of drug-likeness (QED) is 0.0775. The molecule has 0 amide bonds. The molecule has 47 heavy (non-hydrogen) atoms. The van der Waals surface area contributed by atoms with Crippen LogP contribution >= 0.6 is 0 Å². The van der Waals surface area contributed by atoms with Crippen molar-refractivity contribution in [2.24, 2.45) is 5.41 Å². The number of hydrogen-bond acceptors (Lipinski definition) is 3. The van der Waals surface area contributed by atoms with Crippen molar-refractivity contribution in [1.29, 1.82) is 0 Å². The van der Waals surface area contributed by atoms with Gasteiger partial charge < -0.3 is 9.99 Å². The average Bonchev–Trinajstić information content (AvgIpc) is 3.36. The number of nitrogens with zero attached hydrogens (tertiary/aromatic N) is 2. The van der Waals surface area contributed by atoms with Crippen molar-refractivity contribution < 1.29 is 4.39 Å². The molecule has 2 aromatic carbocycles. The number of hydrogen-bond donors (Lipinski definition) is 2. The molecule has 0 saturated carbocycles. The first-order valence-corrected chi connectivity index (χ1v) is 17.4. The molecule has 0 bridgehead atoms. The highest BCUT2D eigenvalue weighted by Gasteiger charge is 2.25. The Bertz CT molecular complexity index is 1620. The molecule has 2 N–H and O–H groups in total. The van der Waals surface area contributed by atoms with Crippen LogP contribution in [0.25, 0.3) is 33.3 Å². The van der Waals surface area contributed by atoms with Crippen molar-refractivity contribution in [1.82, 2.24) is 20.4 Å². The maximum Gasteiger partial charge on any atom is 0.115 e. The molecule has 252 valence electrons. The number of terminal acetylenes is 1. The summed E-state index contributed by atoms with van der Waals surface area (Å²) in [6, 6.07) is 17.5. The number of unbranched alkanes of at least 4 members (excludes halogenated alkanes) is 3. The number of benzene rings is 2. The summed E-state index contributed by atoms with van der Waals surface area (Å²) in [6.07, 6.45) is 15.7. The molecule has 0 spiro atoms. The van der Waals surface area contributed by atoms with Gasteiger partial charge in [0, 0.05) is 48.4 Å². The molecule has 0 aliphatic rings. The summed E-state index contributed by atoms with van der Waals surface area (Å²) in [5.74, 6) is 2.75. The molecule has 0 aliphatic carbocycles. The lowest BCUT2D eigenvalue weighted by Crippen LogP contribution is -2.27. The second-order valence-electron chi connectivity index (χ2n) is 13.8. The van der Waals surface area contributed by atoms with Crippen molar-refractivity contribution in [3.8, 4) is 34.7 Å². The van der Waals surface area contributed by atoms with E-state index in [-0.39, 0.29) is 5.41 Å². The molecule has 2 heterocycles. The lowest BCUT2D eigenvalue weighted by Gasteiger charge is -2.21. The lowest BCUT2D eigenvalue weighted by atomic mass is 9.85. The van der Waals surface area contributed by atoms with Gasteiger partial charge in [-0.3, -0.25) is 4.98 Å². The highest BCUT2D eigenvalue weighted by molar-refractivity contribution is 5.95. The Kier molecular flexibility index (Phi) is 14.8. The predicted octanol–water partition coefficient (Wildman–Crippen LogP) is 10.9. The third-order valence-corrected chi connectivity index (χ3v) is 8.30. The van der Waals surface area contributed by atoms with Crippen molar-refractivity contribution in [3.05, 3.63) is 89.9 Å². The summed E-state index contributed by atoms with van der Waals surface area (Å²) in [6.45, 7) is 20.6. The van der Waals surface area contributed by atoms with Crippen LogP contribution < -0.4 is 10.9 Å². The van der Waals surface area contributed by atoms with E-state index in [0.717, 1.165) is 74.0 Å². The molecule has 0 atom stereocenters. The van der Waals surface area contributed by atoms with Crippen molar-refractivity contribution in [3.63, 3.8) is 0 Å². The summed E-state index contributed by atoms with van der Waals surface area (Å²) in [7, 11) is 0. The van der Waals surface area contributed by atoms with E-state index in [1.54, 1.807) is 6.20 Å². The minimum atomic E-state index is -0.449. The SMILES string of the molecule is C#CCC.C=CNNCCCCCCc1cc(CF)cc(-c2ccc3c(c2)c(CC(C)(C)C)c(-c2cccnc2C(C)C)n3CC)c1. The van der Waals surface area contributed by atoms with Crippen LogP contribution in [0.5, 0.6) is 0 Å². The van der Waals surface area contributed by atoms with Gasteiger partial charge in [0.2, 0.25) is 0 Å². The minimum absolute atomic E-state index is 0.108. The van der Waals surface area contributed by atoms with Gasteiger partial charge in [0.05, 0.1) is 11.4 Å². The van der Waals surface area contributed by atoms with Gasteiger partial charge in [-0.25, -0.2) is 9.82 Å². The second-order valence-corrected chi connectivity index (χ2v) is 13.8. The predicted molar refractivity (Wildman–Crippen MR) is 201 cm³/mol. The van der Waals surface area contributed by atoms with Crippen LogP contribution in [0.4, 0.5) is 4.39 Å². The number of aromatic nitrogens is 2. The van der Waals surface area contributed by atoms with Gasteiger partial charge in [-0.05, 0) is 102 Å². The summed E-state index contributed by atoms with van der Waals surface area (Å²) in [5.41, 5.74) is 16.7. The minimum Gasteiger partial charge on any atom is -0.340 e. The van der Waals surface area contributed by atoms with Crippen LogP contribution in [0, 0.1) is 17.8 Å². The smallest absolute Gasteiger partial charge is 0.115 e. The number of rotatable bonds is 15. The van der Waals surface area contributed by atoms with Crippen LogP contribution in [0.1, 0.15) is 109 Å². The van der Waals surface area contributed by atoms with Crippen molar-refractivity contribution >= 4 is 10.9 Å². The Morgan fingerprint density at radius 3 is 2.36 bits per heavy atom. The van der Waals surface area contributed by atoms with Gasteiger partial charge in [-0.2, -0.15) is 0 Å².